The molecule has 0 bridgehead atoms. The molecule has 4 aliphatic carbocycles. The van der Waals surface area contributed by atoms with E-state index in [1.807, 2.05) is 6.08 Å². The lowest BCUT2D eigenvalue weighted by atomic mass is 9.44. The fraction of sp³-hybridized carbons (Fsp3) is 0.897. The van der Waals surface area contributed by atoms with Gasteiger partial charge in [-0.15, -0.1) is 0 Å². The minimum absolute atomic E-state index is 0.0567. The van der Waals surface area contributed by atoms with Crippen molar-refractivity contribution in [3.63, 3.8) is 0 Å². The molecule has 4 rings (SSSR count). The maximum absolute atomic E-state index is 12.3. The zero-order valence-corrected chi connectivity index (χ0v) is 21.0. The Morgan fingerprint density at radius 3 is 2.28 bits per heavy atom. The van der Waals surface area contributed by atoms with Gasteiger partial charge in [0.25, 0.3) is 0 Å². The van der Waals surface area contributed by atoms with E-state index in [1.54, 1.807) is 0 Å². The summed E-state index contributed by atoms with van der Waals surface area (Å²) in [6, 6.07) is 0. The molecule has 0 aliphatic heterocycles. The molecule has 2 unspecified atom stereocenters. The van der Waals surface area contributed by atoms with Crippen molar-refractivity contribution in [3.8, 4) is 0 Å². The van der Waals surface area contributed by atoms with Gasteiger partial charge in [-0.1, -0.05) is 57.9 Å². The zero-order chi connectivity index (χ0) is 23.0. The number of carbonyl (C=O) groups excluding carboxylic acids is 1. The molecule has 3 fully saturated rings. The first-order chi connectivity index (χ1) is 15.2. The number of aliphatic hydroxyl groups is 2. The third-order valence-electron chi connectivity index (χ3n) is 10.9. The van der Waals surface area contributed by atoms with Crippen molar-refractivity contribution < 1.29 is 15.0 Å². The van der Waals surface area contributed by atoms with Crippen molar-refractivity contribution in [1.82, 2.24) is 0 Å². The summed E-state index contributed by atoms with van der Waals surface area (Å²) in [6.45, 7) is 7.30. The molecule has 2 N–H and O–H groups in total. The Balaban J connectivity index is 1.48. The van der Waals surface area contributed by atoms with Crippen molar-refractivity contribution in [3.05, 3.63) is 11.6 Å². The molecular weight excluding hydrogens is 396 g/mol. The predicted molar refractivity (Wildman–Crippen MR) is 130 cm³/mol. The van der Waals surface area contributed by atoms with Crippen molar-refractivity contribution in [1.29, 1.82) is 0 Å². The number of aliphatic hydroxyl groups excluding tert-OH is 1. The van der Waals surface area contributed by atoms with E-state index in [1.165, 1.54) is 56.9 Å². The van der Waals surface area contributed by atoms with Crippen LogP contribution in [-0.2, 0) is 4.79 Å². The highest BCUT2D eigenvalue weighted by Crippen LogP contribution is 2.69. The fourth-order valence-electron chi connectivity index (χ4n) is 8.65. The molecule has 3 saturated carbocycles. The number of hydrogen-bond donors (Lipinski definition) is 2. The maximum Gasteiger partial charge on any atom is 0.155 e. The third-order valence-corrected chi connectivity index (χ3v) is 10.9. The van der Waals surface area contributed by atoms with Gasteiger partial charge in [0.05, 0.1) is 5.60 Å². The summed E-state index contributed by atoms with van der Waals surface area (Å²) in [4.78, 5) is 12.3. The highest BCUT2D eigenvalue weighted by molar-refractivity contribution is 5.91. The Labute approximate surface area is 196 Å². The van der Waals surface area contributed by atoms with Gasteiger partial charge < -0.3 is 10.2 Å². The summed E-state index contributed by atoms with van der Waals surface area (Å²) in [6.07, 6.45) is 19.3. The Kier molecular flexibility index (Phi) is 7.28. The van der Waals surface area contributed by atoms with Gasteiger partial charge in [-0.05, 0) is 98.9 Å². The highest BCUT2D eigenvalue weighted by atomic mass is 16.3. The van der Waals surface area contributed by atoms with Gasteiger partial charge in [-0.3, -0.25) is 4.79 Å². The average Bonchev–Trinajstić information content (AvgIpc) is 3.00. The summed E-state index contributed by atoms with van der Waals surface area (Å²) >= 11 is 0. The van der Waals surface area contributed by atoms with Crippen LogP contribution in [0.2, 0.25) is 0 Å². The van der Waals surface area contributed by atoms with Crippen molar-refractivity contribution in [2.24, 2.45) is 34.5 Å². The van der Waals surface area contributed by atoms with Crippen LogP contribution in [0.4, 0.5) is 0 Å². The minimum Gasteiger partial charge on any atom is -0.396 e. The van der Waals surface area contributed by atoms with Crippen LogP contribution < -0.4 is 0 Å². The molecule has 7 atom stereocenters. The summed E-state index contributed by atoms with van der Waals surface area (Å²) in [7, 11) is 0. The molecule has 0 spiro atoms. The molecule has 3 nitrogen and oxygen atoms in total. The van der Waals surface area contributed by atoms with Crippen LogP contribution >= 0.6 is 0 Å². The normalized spacial score (nSPS) is 43.4. The van der Waals surface area contributed by atoms with Crippen LogP contribution in [0.25, 0.3) is 0 Å². The summed E-state index contributed by atoms with van der Waals surface area (Å²) in [5.41, 5.74) is 1.21. The van der Waals surface area contributed by atoms with E-state index >= 15 is 0 Å². The molecule has 0 saturated heterocycles. The maximum atomic E-state index is 12.3. The van der Waals surface area contributed by atoms with E-state index in [-0.39, 0.29) is 10.8 Å². The summed E-state index contributed by atoms with van der Waals surface area (Å²) in [5.74, 6) is 3.06. The minimum atomic E-state index is -0.526. The van der Waals surface area contributed by atoms with Gasteiger partial charge in [0.15, 0.2) is 5.78 Å². The molecule has 0 radical (unpaired) electrons. The molecule has 0 heterocycles. The van der Waals surface area contributed by atoms with Crippen LogP contribution in [0.5, 0.6) is 0 Å². The number of unbranched alkanes of at least 4 members (excludes halogenated alkanes) is 6. The van der Waals surface area contributed by atoms with Gasteiger partial charge in [-0.25, -0.2) is 0 Å². The highest BCUT2D eigenvalue weighted by Gasteiger charge is 2.64. The number of carbonyl (C=O) groups is 1. The van der Waals surface area contributed by atoms with Gasteiger partial charge in [0, 0.05) is 13.0 Å². The number of ketones is 1. The summed E-state index contributed by atoms with van der Waals surface area (Å²) < 4.78 is 0. The van der Waals surface area contributed by atoms with Crippen LogP contribution in [0.3, 0.4) is 0 Å². The van der Waals surface area contributed by atoms with Gasteiger partial charge in [0.2, 0.25) is 0 Å². The van der Waals surface area contributed by atoms with Crippen molar-refractivity contribution in [2.45, 2.75) is 123 Å². The lowest BCUT2D eigenvalue weighted by Crippen LogP contribution is -2.56. The Morgan fingerprint density at radius 1 is 0.906 bits per heavy atom. The first-order valence-corrected chi connectivity index (χ1v) is 13.8. The second kappa shape index (κ2) is 9.53. The van der Waals surface area contributed by atoms with Gasteiger partial charge in [0.1, 0.15) is 0 Å². The van der Waals surface area contributed by atoms with Crippen LogP contribution in [0.1, 0.15) is 117 Å². The van der Waals surface area contributed by atoms with E-state index in [0.717, 1.165) is 44.9 Å². The number of allylic oxidation sites excluding steroid dienone is 1. The van der Waals surface area contributed by atoms with Crippen LogP contribution in [-0.4, -0.2) is 28.2 Å². The molecule has 0 amide bonds. The number of fused-ring (bicyclic) bond motifs is 5. The topological polar surface area (TPSA) is 57.5 Å². The van der Waals surface area contributed by atoms with Crippen LogP contribution in [0.15, 0.2) is 11.6 Å². The smallest absolute Gasteiger partial charge is 0.155 e. The standard InChI is InChI=1S/C29H48O3/c1-27-15-12-23(31)20-22(27)19-21(11-9-7-5-4-6-8-10-18-30)26-24(27)13-16-28(2)25(26)14-17-29(28,3)32/h20-21,24-26,30,32H,4-19H2,1-3H3/t21?,24-,25+,26-,27+,28+,29?/m1/s1. The fourth-order valence-corrected chi connectivity index (χ4v) is 8.65. The number of hydrogen-bond acceptors (Lipinski definition) is 3. The monoisotopic (exact) mass is 444 g/mol. The lowest BCUT2D eigenvalue weighted by Gasteiger charge is -2.61. The predicted octanol–water partition coefficient (Wildman–Crippen LogP) is 6.61. The quantitative estimate of drug-likeness (QED) is 0.393. The first-order valence-electron chi connectivity index (χ1n) is 13.8. The van der Waals surface area contributed by atoms with E-state index in [0.29, 0.717) is 36.1 Å². The van der Waals surface area contributed by atoms with E-state index in [4.69, 9.17) is 5.11 Å². The first kappa shape index (κ1) is 24.5. The van der Waals surface area contributed by atoms with Gasteiger partial charge in [-0.2, -0.15) is 0 Å². The molecule has 0 aromatic carbocycles. The van der Waals surface area contributed by atoms with E-state index < -0.39 is 5.60 Å². The Bertz CT molecular complexity index is 709. The van der Waals surface area contributed by atoms with Crippen LogP contribution in [0, 0.1) is 34.5 Å². The molecular formula is C29H48O3. The molecule has 0 aromatic rings. The average molecular weight is 445 g/mol. The molecule has 3 heteroatoms. The SMILES string of the molecule is CC1(O)CC[C@H]2[C@@H]3C(CCCCCCCCCO)CC4=CC(=O)CC[C@]4(C)[C@@H]3CC[C@@]21C. The summed E-state index contributed by atoms with van der Waals surface area (Å²) in [5, 5.41) is 20.3. The molecule has 0 aromatic heterocycles. The molecule has 32 heavy (non-hydrogen) atoms. The van der Waals surface area contributed by atoms with E-state index in [9.17, 15) is 9.90 Å². The zero-order valence-electron chi connectivity index (χ0n) is 21.0. The van der Waals surface area contributed by atoms with Gasteiger partial charge >= 0.3 is 0 Å². The van der Waals surface area contributed by atoms with E-state index in [2.05, 4.69) is 20.8 Å². The Morgan fingerprint density at radius 2 is 1.56 bits per heavy atom. The second-order valence-corrected chi connectivity index (χ2v) is 12.6. The Hall–Kier alpha value is -0.670. The number of rotatable bonds is 9. The van der Waals surface area contributed by atoms with Crippen molar-refractivity contribution in [2.75, 3.05) is 6.61 Å². The second-order valence-electron chi connectivity index (χ2n) is 12.6. The van der Waals surface area contributed by atoms with Crippen molar-refractivity contribution >= 4 is 5.78 Å². The lowest BCUT2D eigenvalue weighted by molar-refractivity contribution is -0.135. The largest absolute Gasteiger partial charge is 0.396 e. The molecule has 4 aliphatic rings. The molecule has 182 valence electrons. The third kappa shape index (κ3) is 4.26.